The highest BCUT2D eigenvalue weighted by atomic mass is 16.5. The van der Waals surface area contributed by atoms with Crippen LogP contribution in [0.15, 0.2) is 0 Å². The molecule has 0 spiro atoms. The molecular formula is C10H23NO. The molecule has 0 rings (SSSR count). The van der Waals surface area contributed by atoms with E-state index in [-0.39, 0.29) is 0 Å². The molecule has 0 saturated heterocycles. The van der Waals surface area contributed by atoms with Crippen molar-refractivity contribution in [2.75, 3.05) is 19.8 Å². The van der Waals surface area contributed by atoms with Gasteiger partial charge in [-0.25, -0.2) is 0 Å². The number of rotatable bonds is 8. The Labute approximate surface area is 76.7 Å². The lowest BCUT2D eigenvalue weighted by atomic mass is 10.2. The second-order valence-electron chi connectivity index (χ2n) is 3.02. The summed E-state index contributed by atoms with van der Waals surface area (Å²) in [5, 5.41) is 3.50. The third-order valence-corrected chi connectivity index (χ3v) is 2.09. The minimum Gasteiger partial charge on any atom is -0.382 e. The zero-order valence-corrected chi connectivity index (χ0v) is 8.73. The standard InChI is InChI=1S/C10H23NO/c1-4-10(5-2)11-8-7-9-12-6-3/h10-11H,4-9H2,1-3H3. The summed E-state index contributed by atoms with van der Waals surface area (Å²) in [6.07, 6.45) is 3.58. The minimum absolute atomic E-state index is 0.701. The van der Waals surface area contributed by atoms with Gasteiger partial charge in [0.15, 0.2) is 0 Å². The lowest BCUT2D eigenvalue weighted by molar-refractivity contribution is 0.144. The van der Waals surface area contributed by atoms with Gasteiger partial charge in [-0.05, 0) is 32.7 Å². The molecule has 0 unspecified atom stereocenters. The van der Waals surface area contributed by atoms with Crippen LogP contribution in [0.2, 0.25) is 0 Å². The summed E-state index contributed by atoms with van der Waals surface area (Å²) in [4.78, 5) is 0. The van der Waals surface area contributed by atoms with Crippen molar-refractivity contribution in [2.45, 2.75) is 46.1 Å². The van der Waals surface area contributed by atoms with Crippen molar-refractivity contribution in [3.63, 3.8) is 0 Å². The van der Waals surface area contributed by atoms with Crippen LogP contribution < -0.4 is 5.32 Å². The van der Waals surface area contributed by atoms with Crippen molar-refractivity contribution in [3.05, 3.63) is 0 Å². The van der Waals surface area contributed by atoms with E-state index in [0.29, 0.717) is 6.04 Å². The van der Waals surface area contributed by atoms with Crippen molar-refractivity contribution in [2.24, 2.45) is 0 Å². The van der Waals surface area contributed by atoms with E-state index >= 15 is 0 Å². The molecule has 0 aromatic rings. The number of ether oxygens (including phenoxy) is 1. The molecular weight excluding hydrogens is 150 g/mol. The Kier molecular flexibility index (Phi) is 8.95. The minimum atomic E-state index is 0.701. The molecule has 0 saturated carbocycles. The van der Waals surface area contributed by atoms with Crippen molar-refractivity contribution in [3.8, 4) is 0 Å². The number of hydrogen-bond donors (Lipinski definition) is 1. The van der Waals surface area contributed by atoms with Crippen molar-refractivity contribution in [1.29, 1.82) is 0 Å². The van der Waals surface area contributed by atoms with Crippen LogP contribution >= 0.6 is 0 Å². The summed E-state index contributed by atoms with van der Waals surface area (Å²) in [7, 11) is 0. The van der Waals surface area contributed by atoms with Gasteiger partial charge in [0.1, 0.15) is 0 Å². The van der Waals surface area contributed by atoms with E-state index in [1.165, 1.54) is 12.8 Å². The molecule has 2 heteroatoms. The fraction of sp³-hybridized carbons (Fsp3) is 1.00. The smallest absolute Gasteiger partial charge is 0.0477 e. The Morgan fingerprint density at radius 3 is 2.33 bits per heavy atom. The van der Waals surface area contributed by atoms with Gasteiger partial charge in [0, 0.05) is 19.3 Å². The maximum atomic E-state index is 5.24. The zero-order valence-electron chi connectivity index (χ0n) is 8.73. The molecule has 74 valence electrons. The summed E-state index contributed by atoms with van der Waals surface area (Å²) in [6, 6.07) is 0.701. The number of hydrogen-bond acceptors (Lipinski definition) is 2. The first-order valence-electron chi connectivity index (χ1n) is 5.16. The molecule has 0 fully saturated rings. The highest BCUT2D eigenvalue weighted by molar-refractivity contribution is 4.61. The molecule has 0 atom stereocenters. The first-order valence-corrected chi connectivity index (χ1v) is 5.16. The van der Waals surface area contributed by atoms with Gasteiger partial charge in [-0.1, -0.05) is 13.8 Å². The van der Waals surface area contributed by atoms with Gasteiger partial charge in [0.25, 0.3) is 0 Å². The molecule has 12 heavy (non-hydrogen) atoms. The third-order valence-electron chi connectivity index (χ3n) is 2.09. The molecule has 0 aromatic carbocycles. The van der Waals surface area contributed by atoms with Crippen LogP contribution in [0.3, 0.4) is 0 Å². The fourth-order valence-corrected chi connectivity index (χ4v) is 1.20. The van der Waals surface area contributed by atoms with Crippen LogP contribution in [0.5, 0.6) is 0 Å². The van der Waals surface area contributed by atoms with Gasteiger partial charge in [0.2, 0.25) is 0 Å². The Morgan fingerprint density at radius 1 is 1.17 bits per heavy atom. The van der Waals surface area contributed by atoms with E-state index in [9.17, 15) is 0 Å². The SMILES string of the molecule is CCOCCCNC(CC)CC. The largest absolute Gasteiger partial charge is 0.382 e. The van der Waals surface area contributed by atoms with Gasteiger partial charge in [-0.15, -0.1) is 0 Å². The maximum absolute atomic E-state index is 5.24. The van der Waals surface area contributed by atoms with Gasteiger partial charge in [-0.2, -0.15) is 0 Å². The van der Waals surface area contributed by atoms with E-state index in [0.717, 1.165) is 26.2 Å². The van der Waals surface area contributed by atoms with Gasteiger partial charge >= 0.3 is 0 Å². The maximum Gasteiger partial charge on any atom is 0.0477 e. The Morgan fingerprint density at radius 2 is 1.83 bits per heavy atom. The second kappa shape index (κ2) is 9.01. The average molecular weight is 173 g/mol. The number of nitrogens with one attached hydrogen (secondary N) is 1. The highest BCUT2D eigenvalue weighted by Crippen LogP contribution is 1.95. The Bertz CT molecular complexity index is 81.9. The summed E-state index contributed by atoms with van der Waals surface area (Å²) in [6.45, 7) is 9.31. The Hall–Kier alpha value is -0.0800. The third kappa shape index (κ3) is 6.62. The van der Waals surface area contributed by atoms with Gasteiger partial charge < -0.3 is 10.1 Å². The highest BCUT2D eigenvalue weighted by Gasteiger charge is 1.99. The van der Waals surface area contributed by atoms with Crippen LogP contribution in [0.1, 0.15) is 40.0 Å². The van der Waals surface area contributed by atoms with E-state index in [1.807, 2.05) is 6.92 Å². The summed E-state index contributed by atoms with van der Waals surface area (Å²) >= 11 is 0. The fourth-order valence-electron chi connectivity index (χ4n) is 1.20. The van der Waals surface area contributed by atoms with Crippen LogP contribution in [0.25, 0.3) is 0 Å². The molecule has 0 amide bonds. The van der Waals surface area contributed by atoms with Crippen LogP contribution in [-0.4, -0.2) is 25.8 Å². The monoisotopic (exact) mass is 173 g/mol. The normalized spacial score (nSPS) is 11.0. The lowest BCUT2D eigenvalue weighted by Crippen LogP contribution is -2.29. The molecule has 0 radical (unpaired) electrons. The first kappa shape index (κ1) is 11.9. The van der Waals surface area contributed by atoms with Crippen LogP contribution in [0, 0.1) is 0 Å². The molecule has 0 bridgehead atoms. The van der Waals surface area contributed by atoms with Crippen molar-refractivity contribution >= 4 is 0 Å². The van der Waals surface area contributed by atoms with E-state index in [2.05, 4.69) is 19.2 Å². The molecule has 0 heterocycles. The molecule has 0 aromatic heterocycles. The molecule has 0 aliphatic carbocycles. The molecule has 0 aliphatic rings. The Balaban J connectivity index is 3.06. The van der Waals surface area contributed by atoms with Crippen LogP contribution in [0.4, 0.5) is 0 Å². The van der Waals surface area contributed by atoms with E-state index in [1.54, 1.807) is 0 Å². The van der Waals surface area contributed by atoms with Crippen molar-refractivity contribution in [1.82, 2.24) is 5.32 Å². The topological polar surface area (TPSA) is 21.3 Å². The van der Waals surface area contributed by atoms with Gasteiger partial charge in [0.05, 0.1) is 0 Å². The molecule has 0 aliphatic heterocycles. The summed E-state index contributed by atoms with van der Waals surface area (Å²) in [5.74, 6) is 0. The van der Waals surface area contributed by atoms with Crippen LogP contribution in [-0.2, 0) is 4.74 Å². The van der Waals surface area contributed by atoms with E-state index in [4.69, 9.17) is 4.74 Å². The summed E-state index contributed by atoms with van der Waals surface area (Å²) in [5.41, 5.74) is 0. The predicted molar refractivity (Wildman–Crippen MR) is 53.5 cm³/mol. The predicted octanol–water partition coefficient (Wildman–Crippen LogP) is 2.19. The quantitative estimate of drug-likeness (QED) is 0.568. The molecule has 2 nitrogen and oxygen atoms in total. The first-order chi connectivity index (χ1) is 5.85. The second-order valence-corrected chi connectivity index (χ2v) is 3.02. The van der Waals surface area contributed by atoms with E-state index < -0.39 is 0 Å². The lowest BCUT2D eigenvalue weighted by Gasteiger charge is -2.13. The molecule has 1 N–H and O–H groups in total. The summed E-state index contributed by atoms with van der Waals surface area (Å²) < 4.78 is 5.24. The zero-order chi connectivity index (χ0) is 9.23. The van der Waals surface area contributed by atoms with Crippen molar-refractivity contribution < 1.29 is 4.74 Å². The van der Waals surface area contributed by atoms with Gasteiger partial charge in [-0.3, -0.25) is 0 Å². The average Bonchev–Trinajstić information content (AvgIpc) is 2.11.